The molecule has 2 atom stereocenters. The normalized spacial score (nSPS) is 23.5. The minimum atomic E-state index is -0.655. The number of nitrogens with two attached hydrogens (primary N) is 1. The number of likely N-dealkylation sites (tertiary alicyclic amines) is 1. The molecule has 9 heteroatoms. The van der Waals surface area contributed by atoms with Crippen molar-refractivity contribution in [3.8, 4) is 0 Å². The van der Waals surface area contributed by atoms with Gasteiger partial charge in [-0.3, -0.25) is 4.79 Å². The number of β-amino-alcohol motifs (C(OH)–C–C–N with tert-alkyl or cyclic N) is 1. The van der Waals surface area contributed by atoms with E-state index in [4.69, 9.17) is 5.73 Å². The first-order valence-corrected chi connectivity index (χ1v) is 8.19. The van der Waals surface area contributed by atoms with E-state index in [1.165, 1.54) is 12.8 Å². The molecular formula is C16H23Cl2N5O2. The Hall–Kier alpha value is -1.41. The SMILES string of the molecule is Cl.Cl.N[C@@H]1CN(C(=O)c2cnc3c(c2)ncn3C2CCCC2)C[C@H]1O. The number of fused-ring (bicyclic) bond motifs is 1. The van der Waals surface area contributed by atoms with Gasteiger partial charge in [0.05, 0.1) is 18.0 Å². The van der Waals surface area contributed by atoms with Crippen molar-refractivity contribution in [1.82, 2.24) is 19.4 Å². The van der Waals surface area contributed by atoms with E-state index >= 15 is 0 Å². The van der Waals surface area contributed by atoms with Crippen molar-refractivity contribution >= 4 is 41.9 Å². The number of halogens is 2. The summed E-state index contributed by atoms with van der Waals surface area (Å²) >= 11 is 0. The zero-order valence-electron chi connectivity index (χ0n) is 13.7. The lowest BCUT2D eigenvalue weighted by atomic mass is 10.2. The summed E-state index contributed by atoms with van der Waals surface area (Å²) in [5, 5.41) is 9.71. The van der Waals surface area contributed by atoms with Gasteiger partial charge in [-0.2, -0.15) is 0 Å². The highest BCUT2D eigenvalue weighted by Crippen LogP contribution is 2.31. The Bertz CT molecular complexity index is 737. The molecule has 138 valence electrons. The van der Waals surface area contributed by atoms with E-state index in [2.05, 4.69) is 14.5 Å². The lowest BCUT2D eigenvalue weighted by Crippen LogP contribution is -2.33. The fourth-order valence-corrected chi connectivity index (χ4v) is 3.65. The highest BCUT2D eigenvalue weighted by molar-refractivity contribution is 5.96. The molecule has 3 N–H and O–H groups in total. The van der Waals surface area contributed by atoms with E-state index in [1.807, 2.05) is 6.33 Å². The second-order valence-corrected chi connectivity index (χ2v) is 6.60. The van der Waals surface area contributed by atoms with Gasteiger partial charge in [0.25, 0.3) is 5.91 Å². The van der Waals surface area contributed by atoms with Gasteiger partial charge in [0.2, 0.25) is 0 Å². The molecule has 2 aliphatic rings. The van der Waals surface area contributed by atoms with E-state index < -0.39 is 6.10 Å². The molecule has 2 aromatic heterocycles. The van der Waals surface area contributed by atoms with Crippen LogP contribution in [-0.4, -0.2) is 55.7 Å². The quantitative estimate of drug-likeness (QED) is 0.814. The Morgan fingerprint density at radius 3 is 2.56 bits per heavy atom. The molecule has 7 nitrogen and oxygen atoms in total. The predicted octanol–water partition coefficient (Wildman–Crippen LogP) is 1.53. The second kappa shape index (κ2) is 7.86. The van der Waals surface area contributed by atoms with Gasteiger partial charge in [0.1, 0.15) is 5.52 Å². The first-order chi connectivity index (χ1) is 11.1. The number of amides is 1. The third-order valence-electron chi connectivity index (χ3n) is 5.00. The average Bonchev–Trinajstić information content (AvgIpc) is 3.26. The van der Waals surface area contributed by atoms with Gasteiger partial charge in [-0.05, 0) is 18.9 Å². The Labute approximate surface area is 158 Å². The Kier molecular flexibility index (Phi) is 6.26. The number of carbonyl (C=O) groups is 1. The number of aliphatic hydroxyl groups is 1. The highest BCUT2D eigenvalue weighted by atomic mass is 35.5. The van der Waals surface area contributed by atoms with Crippen molar-refractivity contribution in [3.63, 3.8) is 0 Å². The third-order valence-corrected chi connectivity index (χ3v) is 5.00. The minimum Gasteiger partial charge on any atom is -0.390 e. The maximum atomic E-state index is 12.5. The van der Waals surface area contributed by atoms with E-state index in [0.29, 0.717) is 18.2 Å². The summed E-state index contributed by atoms with van der Waals surface area (Å²) in [6.45, 7) is 0.642. The Balaban J connectivity index is 0.00000113. The average molecular weight is 388 g/mol. The van der Waals surface area contributed by atoms with Crippen LogP contribution >= 0.6 is 24.8 Å². The van der Waals surface area contributed by atoms with Gasteiger partial charge in [0.15, 0.2) is 5.65 Å². The van der Waals surface area contributed by atoms with Gasteiger partial charge in [-0.15, -0.1) is 24.8 Å². The van der Waals surface area contributed by atoms with Gasteiger partial charge in [-0.25, -0.2) is 9.97 Å². The molecule has 4 rings (SSSR count). The number of pyridine rings is 1. The van der Waals surface area contributed by atoms with Crippen LogP contribution in [-0.2, 0) is 0 Å². The van der Waals surface area contributed by atoms with Crippen LogP contribution in [0.1, 0.15) is 42.1 Å². The summed E-state index contributed by atoms with van der Waals surface area (Å²) in [6.07, 6.45) is 7.61. The minimum absolute atomic E-state index is 0. The van der Waals surface area contributed by atoms with Crippen molar-refractivity contribution < 1.29 is 9.90 Å². The molecule has 3 heterocycles. The van der Waals surface area contributed by atoms with Crippen molar-refractivity contribution in [2.45, 2.75) is 43.9 Å². The zero-order chi connectivity index (χ0) is 16.0. The molecule has 1 saturated carbocycles. The van der Waals surface area contributed by atoms with Crippen molar-refractivity contribution in [2.24, 2.45) is 5.73 Å². The zero-order valence-corrected chi connectivity index (χ0v) is 15.4. The number of carbonyl (C=O) groups excluding carboxylic acids is 1. The molecule has 1 aliphatic heterocycles. The van der Waals surface area contributed by atoms with Crippen LogP contribution in [0.2, 0.25) is 0 Å². The largest absolute Gasteiger partial charge is 0.390 e. The van der Waals surface area contributed by atoms with Gasteiger partial charge in [-0.1, -0.05) is 12.8 Å². The highest BCUT2D eigenvalue weighted by Gasteiger charge is 2.32. The van der Waals surface area contributed by atoms with Gasteiger partial charge >= 0.3 is 0 Å². The van der Waals surface area contributed by atoms with Gasteiger partial charge in [0, 0.05) is 31.4 Å². The molecular weight excluding hydrogens is 365 g/mol. The molecule has 0 spiro atoms. The van der Waals surface area contributed by atoms with E-state index in [1.54, 1.807) is 17.2 Å². The fraction of sp³-hybridized carbons (Fsp3) is 0.562. The lowest BCUT2D eigenvalue weighted by Gasteiger charge is -2.15. The van der Waals surface area contributed by atoms with Crippen molar-refractivity contribution in [2.75, 3.05) is 13.1 Å². The van der Waals surface area contributed by atoms with E-state index in [9.17, 15) is 9.90 Å². The Morgan fingerprint density at radius 2 is 1.92 bits per heavy atom. The first kappa shape index (κ1) is 19.9. The monoisotopic (exact) mass is 387 g/mol. The number of hydrogen-bond donors (Lipinski definition) is 2. The van der Waals surface area contributed by atoms with Crippen LogP contribution in [0.5, 0.6) is 0 Å². The second-order valence-electron chi connectivity index (χ2n) is 6.60. The molecule has 0 aromatic carbocycles. The van der Waals surface area contributed by atoms with Crippen LogP contribution in [0.3, 0.4) is 0 Å². The number of nitrogens with zero attached hydrogens (tertiary/aromatic N) is 4. The summed E-state index contributed by atoms with van der Waals surface area (Å²) in [5.74, 6) is -0.151. The summed E-state index contributed by atoms with van der Waals surface area (Å²) in [5.41, 5.74) is 7.85. The molecule has 1 aliphatic carbocycles. The molecule has 0 bridgehead atoms. The van der Waals surface area contributed by atoms with Crippen LogP contribution in [0.4, 0.5) is 0 Å². The first-order valence-electron chi connectivity index (χ1n) is 8.19. The van der Waals surface area contributed by atoms with E-state index in [-0.39, 0.29) is 43.3 Å². The molecule has 1 saturated heterocycles. The number of hydrogen-bond acceptors (Lipinski definition) is 5. The smallest absolute Gasteiger partial charge is 0.255 e. The molecule has 0 radical (unpaired) electrons. The third kappa shape index (κ3) is 3.60. The summed E-state index contributed by atoms with van der Waals surface area (Å²) in [7, 11) is 0. The summed E-state index contributed by atoms with van der Waals surface area (Å²) < 4.78 is 2.13. The molecule has 1 amide bonds. The molecule has 2 fully saturated rings. The van der Waals surface area contributed by atoms with Crippen LogP contribution < -0.4 is 5.73 Å². The summed E-state index contributed by atoms with van der Waals surface area (Å²) in [6, 6.07) is 1.88. The van der Waals surface area contributed by atoms with Crippen LogP contribution in [0, 0.1) is 0 Å². The van der Waals surface area contributed by atoms with Crippen molar-refractivity contribution in [1.29, 1.82) is 0 Å². The number of aliphatic hydroxyl groups excluding tert-OH is 1. The number of aromatic nitrogens is 3. The fourth-order valence-electron chi connectivity index (χ4n) is 3.65. The molecule has 25 heavy (non-hydrogen) atoms. The van der Waals surface area contributed by atoms with Crippen molar-refractivity contribution in [3.05, 3.63) is 24.2 Å². The maximum Gasteiger partial charge on any atom is 0.255 e. The summed E-state index contributed by atoms with van der Waals surface area (Å²) in [4.78, 5) is 23.0. The standard InChI is InChI=1S/C16H21N5O2.2ClH/c17-12-7-20(8-14(12)22)16(23)10-5-13-15(18-6-10)21(9-19-13)11-3-1-2-4-11;;/h5-6,9,11-12,14,22H,1-4,7-8,17H2;2*1H/t12-,14-;;/m1../s1. The number of rotatable bonds is 2. The van der Waals surface area contributed by atoms with Crippen LogP contribution in [0.25, 0.3) is 11.2 Å². The molecule has 0 unspecified atom stereocenters. The maximum absolute atomic E-state index is 12.5. The number of imidazole rings is 1. The molecule has 2 aromatic rings. The van der Waals surface area contributed by atoms with Gasteiger partial charge < -0.3 is 20.3 Å². The van der Waals surface area contributed by atoms with E-state index in [0.717, 1.165) is 24.0 Å². The predicted molar refractivity (Wildman–Crippen MR) is 99.4 cm³/mol. The Morgan fingerprint density at radius 1 is 1.20 bits per heavy atom. The lowest BCUT2D eigenvalue weighted by molar-refractivity contribution is 0.0764. The van der Waals surface area contributed by atoms with Crippen LogP contribution in [0.15, 0.2) is 18.6 Å². The topological polar surface area (TPSA) is 97.3 Å².